The molecule has 134 valence electrons. The molecule has 0 spiro atoms. The molecule has 1 amide bonds. The minimum absolute atomic E-state index is 0.110. The van der Waals surface area contributed by atoms with Gasteiger partial charge in [-0.05, 0) is 31.0 Å². The number of carbonyl (C=O) groups is 1. The molecule has 1 saturated carbocycles. The zero-order valence-electron chi connectivity index (χ0n) is 14.2. The SMILES string of the molecule is CCN(CC)S(=O)(=O)c1cc(C(=O)NC2CCCCC2)ccc1F. The Hall–Kier alpha value is -1.47. The van der Waals surface area contributed by atoms with Gasteiger partial charge in [0.05, 0.1) is 0 Å². The lowest BCUT2D eigenvalue weighted by molar-refractivity contribution is 0.0927. The van der Waals surface area contributed by atoms with E-state index in [0.717, 1.165) is 37.8 Å². The van der Waals surface area contributed by atoms with Crippen LogP contribution in [0.4, 0.5) is 4.39 Å². The number of halogens is 1. The number of amides is 1. The fourth-order valence-corrected chi connectivity index (χ4v) is 4.61. The third kappa shape index (κ3) is 4.13. The van der Waals surface area contributed by atoms with Gasteiger partial charge in [-0.3, -0.25) is 4.79 Å². The molecule has 1 fully saturated rings. The molecule has 0 radical (unpaired) electrons. The molecule has 0 aromatic heterocycles. The Morgan fingerprint density at radius 3 is 2.42 bits per heavy atom. The topological polar surface area (TPSA) is 66.5 Å². The fourth-order valence-electron chi connectivity index (χ4n) is 3.06. The van der Waals surface area contributed by atoms with Gasteiger partial charge in [0, 0.05) is 24.7 Å². The maximum absolute atomic E-state index is 14.1. The van der Waals surface area contributed by atoms with Gasteiger partial charge >= 0.3 is 0 Å². The third-order valence-electron chi connectivity index (χ3n) is 4.46. The van der Waals surface area contributed by atoms with E-state index in [4.69, 9.17) is 0 Å². The number of nitrogens with zero attached hydrogens (tertiary/aromatic N) is 1. The van der Waals surface area contributed by atoms with Crippen LogP contribution in [-0.2, 0) is 10.0 Å². The van der Waals surface area contributed by atoms with Crippen LogP contribution in [0.3, 0.4) is 0 Å². The molecule has 24 heavy (non-hydrogen) atoms. The van der Waals surface area contributed by atoms with Crippen molar-refractivity contribution in [3.63, 3.8) is 0 Å². The second kappa shape index (κ2) is 8.07. The summed E-state index contributed by atoms with van der Waals surface area (Å²) < 4.78 is 40.3. The van der Waals surface area contributed by atoms with Crippen molar-refractivity contribution < 1.29 is 17.6 Å². The number of carbonyl (C=O) groups excluding carboxylic acids is 1. The summed E-state index contributed by atoms with van der Waals surface area (Å²) in [5, 5.41) is 2.92. The highest BCUT2D eigenvalue weighted by Gasteiger charge is 2.27. The lowest BCUT2D eigenvalue weighted by Gasteiger charge is -2.23. The molecule has 1 aliphatic carbocycles. The zero-order chi connectivity index (χ0) is 17.7. The third-order valence-corrected chi connectivity index (χ3v) is 6.52. The summed E-state index contributed by atoms with van der Waals surface area (Å²) in [4.78, 5) is 11.9. The number of hydrogen-bond acceptors (Lipinski definition) is 3. The lowest BCUT2D eigenvalue weighted by Crippen LogP contribution is -2.36. The van der Waals surface area contributed by atoms with Crippen molar-refractivity contribution in [3.05, 3.63) is 29.6 Å². The second-order valence-corrected chi connectivity index (χ2v) is 7.95. The Morgan fingerprint density at radius 2 is 1.83 bits per heavy atom. The zero-order valence-corrected chi connectivity index (χ0v) is 15.0. The van der Waals surface area contributed by atoms with Crippen molar-refractivity contribution in [2.45, 2.75) is 56.9 Å². The summed E-state index contributed by atoms with van der Waals surface area (Å²) in [7, 11) is -3.94. The van der Waals surface area contributed by atoms with Gasteiger partial charge in [-0.25, -0.2) is 12.8 Å². The number of rotatable bonds is 6. The maximum Gasteiger partial charge on any atom is 0.251 e. The summed E-state index contributed by atoms with van der Waals surface area (Å²) in [5.74, 6) is -1.19. The van der Waals surface area contributed by atoms with Crippen LogP contribution in [0.1, 0.15) is 56.3 Å². The molecule has 1 aliphatic rings. The minimum Gasteiger partial charge on any atom is -0.349 e. The summed E-state index contributed by atoms with van der Waals surface area (Å²) in [6.07, 6.45) is 5.19. The first-order chi connectivity index (χ1) is 11.4. The van der Waals surface area contributed by atoms with E-state index in [1.54, 1.807) is 13.8 Å². The van der Waals surface area contributed by atoms with Crippen LogP contribution in [-0.4, -0.2) is 37.8 Å². The van der Waals surface area contributed by atoms with Crippen LogP contribution < -0.4 is 5.32 Å². The Labute approximate surface area is 143 Å². The van der Waals surface area contributed by atoms with Crippen LogP contribution in [0, 0.1) is 5.82 Å². The summed E-state index contributed by atoms with van der Waals surface area (Å²) >= 11 is 0. The molecule has 5 nitrogen and oxygen atoms in total. The van der Waals surface area contributed by atoms with Crippen molar-refractivity contribution in [2.75, 3.05) is 13.1 Å². The monoisotopic (exact) mass is 356 g/mol. The molecule has 0 bridgehead atoms. The minimum atomic E-state index is -3.94. The number of nitrogens with one attached hydrogen (secondary N) is 1. The quantitative estimate of drug-likeness (QED) is 0.852. The van der Waals surface area contributed by atoms with Crippen molar-refractivity contribution in [2.24, 2.45) is 0 Å². The molecule has 1 N–H and O–H groups in total. The van der Waals surface area contributed by atoms with Crippen molar-refractivity contribution in [1.29, 1.82) is 0 Å². The van der Waals surface area contributed by atoms with Crippen LogP contribution in [0.5, 0.6) is 0 Å². The highest BCUT2D eigenvalue weighted by atomic mass is 32.2. The Morgan fingerprint density at radius 1 is 1.21 bits per heavy atom. The molecule has 0 saturated heterocycles. The predicted octanol–water partition coefficient (Wildman–Crippen LogP) is 2.92. The molecule has 0 heterocycles. The summed E-state index contributed by atoms with van der Waals surface area (Å²) in [6, 6.07) is 3.63. The Bertz CT molecular complexity index is 681. The molecular formula is C17H25FN2O3S. The fraction of sp³-hybridized carbons (Fsp3) is 0.588. The maximum atomic E-state index is 14.1. The van der Waals surface area contributed by atoms with Gasteiger partial charge in [0.15, 0.2) is 0 Å². The average Bonchev–Trinajstić information content (AvgIpc) is 2.56. The van der Waals surface area contributed by atoms with Gasteiger partial charge < -0.3 is 5.32 Å². The van der Waals surface area contributed by atoms with Crippen LogP contribution >= 0.6 is 0 Å². The summed E-state index contributed by atoms with van der Waals surface area (Å²) in [5.41, 5.74) is 0.174. The van der Waals surface area contributed by atoms with Crippen LogP contribution in [0.2, 0.25) is 0 Å². The largest absolute Gasteiger partial charge is 0.349 e. The highest BCUT2D eigenvalue weighted by Crippen LogP contribution is 2.22. The van der Waals surface area contributed by atoms with Gasteiger partial charge in [-0.15, -0.1) is 0 Å². The number of sulfonamides is 1. The number of benzene rings is 1. The van der Waals surface area contributed by atoms with E-state index < -0.39 is 20.7 Å². The van der Waals surface area contributed by atoms with Gasteiger partial charge in [-0.2, -0.15) is 4.31 Å². The van der Waals surface area contributed by atoms with E-state index in [9.17, 15) is 17.6 Å². The molecule has 1 aromatic rings. The molecule has 2 rings (SSSR count). The summed E-state index contributed by atoms with van der Waals surface area (Å²) in [6.45, 7) is 3.88. The van der Waals surface area contributed by atoms with E-state index in [-0.39, 0.29) is 30.6 Å². The molecular weight excluding hydrogens is 331 g/mol. The van der Waals surface area contributed by atoms with Crippen LogP contribution in [0.15, 0.2) is 23.1 Å². The normalized spacial score (nSPS) is 16.3. The smallest absolute Gasteiger partial charge is 0.251 e. The first-order valence-electron chi connectivity index (χ1n) is 8.50. The van der Waals surface area contributed by atoms with E-state index in [1.807, 2.05) is 0 Å². The standard InChI is InChI=1S/C17H25FN2O3S/c1-3-20(4-2)24(22,23)16-12-13(10-11-15(16)18)17(21)19-14-8-6-5-7-9-14/h10-12,14H,3-9H2,1-2H3,(H,19,21). The number of hydrogen-bond donors (Lipinski definition) is 1. The predicted molar refractivity (Wildman–Crippen MR) is 90.8 cm³/mol. The first kappa shape index (κ1) is 18.9. The second-order valence-electron chi connectivity index (χ2n) is 6.04. The van der Waals surface area contributed by atoms with E-state index in [0.29, 0.717) is 0 Å². The molecule has 0 aliphatic heterocycles. The van der Waals surface area contributed by atoms with Crippen molar-refractivity contribution >= 4 is 15.9 Å². The first-order valence-corrected chi connectivity index (χ1v) is 9.94. The lowest BCUT2D eigenvalue weighted by atomic mass is 9.95. The van der Waals surface area contributed by atoms with E-state index in [1.165, 1.54) is 16.8 Å². The van der Waals surface area contributed by atoms with Gasteiger partial charge in [0.2, 0.25) is 10.0 Å². The van der Waals surface area contributed by atoms with Crippen molar-refractivity contribution in [1.82, 2.24) is 9.62 Å². The van der Waals surface area contributed by atoms with Crippen LogP contribution in [0.25, 0.3) is 0 Å². The van der Waals surface area contributed by atoms with E-state index >= 15 is 0 Å². The van der Waals surface area contributed by atoms with Gasteiger partial charge in [0.25, 0.3) is 5.91 Å². The molecule has 7 heteroatoms. The van der Waals surface area contributed by atoms with Gasteiger partial charge in [0.1, 0.15) is 10.7 Å². The molecule has 1 aromatic carbocycles. The Kier molecular flexibility index (Phi) is 6.34. The Balaban J connectivity index is 2.26. The van der Waals surface area contributed by atoms with E-state index in [2.05, 4.69) is 5.32 Å². The van der Waals surface area contributed by atoms with Gasteiger partial charge in [-0.1, -0.05) is 33.1 Å². The highest BCUT2D eigenvalue weighted by molar-refractivity contribution is 7.89. The van der Waals surface area contributed by atoms with Crippen molar-refractivity contribution in [3.8, 4) is 0 Å². The molecule has 0 unspecified atom stereocenters. The molecule has 0 atom stereocenters. The average molecular weight is 356 g/mol.